The second kappa shape index (κ2) is 13.7. The summed E-state index contributed by atoms with van der Waals surface area (Å²) in [6.45, 7) is 5.75. The van der Waals surface area contributed by atoms with Gasteiger partial charge < -0.3 is 19.3 Å². The Morgan fingerprint density at radius 1 is 1.11 bits per heavy atom. The third kappa shape index (κ3) is 8.03. The van der Waals surface area contributed by atoms with E-state index in [2.05, 4.69) is 14.9 Å². The molecule has 0 atom stereocenters. The number of aromatic nitrogens is 2. The number of likely N-dealkylation sites (tertiary alicyclic amines) is 1. The molecule has 2 aliphatic rings. The molecule has 0 aliphatic carbocycles. The number of anilines is 1. The summed E-state index contributed by atoms with van der Waals surface area (Å²) in [5.74, 6) is 1.41. The van der Waals surface area contributed by atoms with Gasteiger partial charge in [0.1, 0.15) is 11.6 Å². The van der Waals surface area contributed by atoms with Gasteiger partial charge in [0.05, 0.1) is 37.1 Å². The van der Waals surface area contributed by atoms with Crippen molar-refractivity contribution in [2.45, 2.75) is 51.9 Å². The van der Waals surface area contributed by atoms with Crippen LogP contribution in [-0.2, 0) is 20.7 Å². The van der Waals surface area contributed by atoms with E-state index < -0.39 is 5.82 Å². The number of hydrogen-bond acceptors (Lipinski definition) is 7. The second-order valence-corrected chi connectivity index (χ2v) is 10.5. The molecule has 0 bridgehead atoms. The lowest BCUT2D eigenvalue weighted by molar-refractivity contribution is -0.144. The van der Waals surface area contributed by atoms with E-state index in [-0.39, 0.29) is 18.3 Å². The van der Waals surface area contributed by atoms with Gasteiger partial charge in [0.15, 0.2) is 0 Å². The first-order valence-corrected chi connectivity index (χ1v) is 13.9. The molecule has 1 aromatic heterocycles. The van der Waals surface area contributed by atoms with E-state index in [0.717, 1.165) is 44.7 Å². The molecule has 2 aliphatic heterocycles. The SMILES string of the molecule is CCOC(=O)CCC1CN(C(=O)Cc2ccc(OCCCC3CCN(c4ncc(Cl)cn4)CC3)cc2F)C1. The van der Waals surface area contributed by atoms with Crippen LogP contribution in [-0.4, -0.2) is 66.1 Å². The average molecular weight is 547 g/mol. The van der Waals surface area contributed by atoms with E-state index in [0.29, 0.717) is 67.3 Å². The monoisotopic (exact) mass is 546 g/mol. The molecule has 2 saturated heterocycles. The smallest absolute Gasteiger partial charge is 0.305 e. The quantitative estimate of drug-likeness (QED) is 0.282. The lowest BCUT2D eigenvalue weighted by Crippen LogP contribution is -2.50. The van der Waals surface area contributed by atoms with E-state index in [4.69, 9.17) is 21.1 Å². The van der Waals surface area contributed by atoms with Gasteiger partial charge in [0.2, 0.25) is 11.9 Å². The predicted octanol–water partition coefficient (Wildman–Crippen LogP) is 4.69. The lowest BCUT2D eigenvalue weighted by Gasteiger charge is -2.39. The Hall–Kier alpha value is -2.94. The number of esters is 1. The zero-order valence-electron chi connectivity index (χ0n) is 21.9. The van der Waals surface area contributed by atoms with Gasteiger partial charge in [-0.05, 0) is 62.5 Å². The first kappa shape index (κ1) is 28.1. The summed E-state index contributed by atoms with van der Waals surface area (Å²) >= 11 is 5.87. The van der Waals surface area contributed by atoms with E-state index in [1.54, 1.807) is 36.4 Å². The fourth-order valence-corrected chi connectivity index (χ4v) is 5.10. The zero-order valence-corrected chi connectivity index (χ0v) is 22.7. The topological polar surface area (TPSA) is 84.9 Å². The van der Waals surface area contributed by atoms with Crippen LogP contribution in [0.25, 0.3) is 0 Å². The normalized spacial score (nSPS) is 16.3. The fraction of sp³-hybridized carbons (Fsp3) is 0.571. The van der Waals surface area contributed by atoms with Crippen LogP contribution in [0.4, 0.5) is 10.3 Å². The third-order valence-electron chi connectivity index (χ3n) is 7.27. The highest BCUT2D eigenvalue weighted by molar-refractivity contribution is 6.30. The molecule has 0 radical (unpaired) electrons. The van der Waals surface area contributed by atoms with Crippen molar-refractivity contribution in [3.05, 3.63) is 47.0 Å². The molecule has 1 aromatic carbocycles. The van der Waals surface area contributed by atoms with Crippen molar-refractivity contribution < 1.29 is 23.5 Å². The maximum Gasteiger partial charge on any atom is 0.305 e. The Labute approximate surface area is 228 Å². The standard InChI is InChI=1S/C28H36ClFN4O4/c1-2-37-27(36)8-5-21-18-34(19-21)26(35)14-22-6-7-24(15-25(22)30)38-13-3-4-20-9-11-33(12-10-20)28-31-16-23(29)17-32-28/h6-7,15-17,20-21H,2-5,8-14,18-19H2,1H3. The number of benzene rings is 1. The highest BCUT2D eigenvalue weighted by atomic mass is 35.5. The number of piperidine rings is 1. The Kier molecular flexibility index (Phi) is 10.1. The molecular weight excluding hydrogens is 511 g/mol. The van der Waals surface area contributed by atoms with E-state index >= 15 is 0 Å². The van der Waals surface area contributed by atoms with Crippen LogP contribution in [0.15, 0.2) is 30.6 Å². The van der Waals surface area contributed by atoms with Crippen molar-refractivity contribution >= 4 is 29.4 Å². The first-order valence-electron chi connectivity index (χ1n) is 13.5. The number of nitrogens with zero attached hydrogens (tertiary/aromatic N) is 4. The van der Waals surface area contributed by atoms with Crippen LogP contribution in [0.1, 0.15) is 51.0 Å². The third-order valence-corrected chi connectivity index (χ3v) is 7.46. The molecule has 2 fully saturated rings. The molecule has 0 spiro atoms. The van der Waals surface area contributed by atoms with Crippen LogP contribution in [0.2, 0.25) is 5.02 Å². The van der Waals surface area contributed by atoms with Crippen molar-refractivity contribution in [2.75, 3.05) is 44.3 Å². The van der Waals surface area contributed by atoms with Crippen LogP contribution in [0.5, 0.6) is 5.75 Å². The summed E-state index contributed by atoms with van der Waals surface area (Å²) in [7, 11) is 0. The minimum atomic E-state index is -0.424. The van der Waals surface area contributed by atoms with Crippen LogP contribution in [0, 0.1) is 17.7 Å². The second-order valence-electron chi connectivity index (χ2n) is 10.1. The maximum absolute atomic E-state index is 14.6. The number of ether oxygens (including phenoxy) is 2. The minimum Gasteiger partial charge on any atom is -0.493 e. The molecule has 8 nitrogen and oxygen atoms in total. The zero-order chi connectivity index (χ0) is 26.9. The van der Waals surface area contributed by atoms with Crippen molar-refractivity contribution in [3.8, 4) is 5.75 Å². The number of amides is 1. The highest BCUT2D eigenvalue weighted by Crippen LogP contribution is 2.26. The average Bonchev–Trinajstić information content (AvgIpc) is 2.88. The van der Waals surface area contributed by atoms with E-state index in [1.807, 2.05) is 0 Å². The van der Waals surface area contributed by atoms with Gasteiger partial charge in [0.25, 0.3) is 0 Å². The van der Waals surface area contributed by atoms with Crippen LogP contribution < -0.4 is 9.64 Å². The van der Waals surface area contributed by atoms with Crippen molar-refractivity contribution in [1.29, 1.82) is 0 Å². The van der Waals surface area contributed by atoms with Crippen molar-refractivity contribution in [1.82, 2.24) is 14.9 Å². The van der Waals surface area contributed by atoms with Gasteiger partial charge in [-0.15, -0.1) is 0 Å². The molecule has 0 saturated carbocycles. The molecular formula is C28H36ClFN4O4. The number of rotatable bonds is 12. The van der Waals surface area contributed by atoms with Gasteiger partial charge in [-0.25, -0.2) is 14.4 Å². The summed E-state index contributed by atoms with van der Waals surface area (Å²) in [6, 6.07) is 4.73. The van der Waals surface area contributed by atoms with Gasteiger partial charge in [0, 0.05) is 38.7 Å². The molecule has 4 rings (SSSR count). The molecule has 3 heterocycles. The maximum atomic E-state index is 14.6. The van der Waals surface area contributed by atoms with Crippen LogP contribution in [0.3, 0.4) is 0 Å². The highest BCUT2D eigenvalue weighted by Gasteiger charge is 2.31. The molecule has 0 N–H and O–H groups in total. The summed E-state index contributed by atoms with van der Waals surface area (Å²) in [4.78, 5) is 36.5. The van der Waals surface area contributed by atoms with E-state index in [1.165, 1.54) is 6.07 Å². The summed E-state index contributed by atoms with van der Waals surface area (Å²) in [6.07, 6.45) is 8.46. The van der Waals surface area contributed by atoms with Crippen molar-refractivity contribution in [2.24, 2.45) is 11.8 Å². The number of halogens is 2. The predicted molar refractivity (Wildman–Crippen MR) is 143 cm³/mol. The number of carbonyl (C=O) groups excluding carboxylic acids is 2. The van der Waals surface area contributed by atoms with Crippen LogP contribution >= 0.6 is 11.6 Å². The summed E-state index contributed by atoms with van der Waals surface area (Å²) in [5, 5.41) is 0.539. The van der Waals surface area contributed by atoms with Crippen molar-refractivity contribution in [3.63, 3.8) is 0 Å². The van der Waals surface area contributed by atoms with Gasteiger partial charge in [-0.1, -0.05) is 17.7 Å². The fourth-order valence-electron chi connectivity index (χ4n) is 5.00. The summed E-state index contributed by atoms with van der Waals surface area (Å²) in [5.41, 5.74) is 0.369. The minimum absolute atomic E-state index is 0.0243. The number of carbonyl (C=O) groups is 2. The first-order chi connectivity index (χ1) is 18.4. The molecule has 38 heavy (non-hydrogen) atoms. The number of hydrogen-bond donors (Lipinski definition) is 0. The van der Waals surface area contributed by atoms with Gasteiger partial charge in [-0.3, -0.25) is 9.59 Å². The lowest BCUT2D eigenvalue weighted by atomic mass is 9.92. The molecule has 1 amide bonds. The molecule has 0 unspecified atom stereocenters. The van der Waals surface area contributed by atoms with E-state index in [9.17, 15) is 14.0 Å². The molecule has 2 aromatic rings. The summed E-state index contributed by atoms with van der Waals surface area (Å²) < 4.78 is 25.3. The van der Waals surface area contributed by atoms with Gasteiger partial charge in [-0.2, -0.15) is 0 Å². The molecule has 206 valence electrons. The Balaban J connectivity index is 1.11. The largest absolute Gasteiger partial charge is 0.493 e. The Morgan fingerprint density at radius 3 is 2.53 bits per heavy atom. The Morgan fingerprint density at radius 2 is 1.84 bits per heavy atom. The Bertz CT molecular complexity index is 1070. The van der Waals surface area contributed by atoms with Gasteiger partial charge >= 0.3 is 5.97 Å². The molecule has 10 heteroatoms.